The van der Waals surface area contributed by atoms with Crippen molar-refractivity contribution >= 4 is 16.9 Å². The van der Waals surface area contributed by atoms with Gasteiger partial charge in [-0.05, 0) is 29.1 Å². The Morgan fingerprint density at radius 1 is 1.14 bits per heavy atom. The van der Waals surface area contributed by atoms with Crippen LogP contribution in [0.1, 0.15) is 11.1 Å². The topological polar surface area (TPSA) is 42.2 Å². The Bertz CT molecular complexity index is 807. The Balaban J connectivity index is 1.99. The molecule has 0 bridgehead atoms. The SMILES string of the molecule is O=C(O)Cc1ccc2ccn(Cc3ccccc3F)c2c1. The number of carbonyl (C=O) groups is 1. The molecule has 106 valence electrons. The zero-order valence-corrected chi connectivity index (χ0v) is 11.3. The molecule has 21 heavy (non-hydrogen) atoms. The standard InChI is InChI=1S/C17H14FNO2/c18-15-4-2-1-3-14(15)11-19-8-7-13-6-5-12(9-16(13)19)10-17(20)21/h1-9H,10-11H2,(H,20,21). The maximum atomic E-state index is 13.7. The fourth-order valence-corrected chi connectivity index (χ4v) is 2.46. The van der Waals surface area contributed by atoms with Gasteiger partial charge in [-0.1, -0.05) is 30.3 Å². The molecule has 0 saturated carbocycles. The summed E-state index contributed by atoms with van der Waals surface area (Å²) in [7, 11) is 0. The van der Waals surface area contributed by atoms with E-state index in [4.69, 9.17) is 5.11 Å². The van der Waals surface area contributed by atoms with Crippen LogP contribution < -0.4 is 0 Å². The monoisotopic (exact) mass is 283 g/mol. The van der Waals surface area contributed by atoms with Crippen molar-refractivity contribution in [2.24, 2.45) is 0 Å². The summed E-state index contributed by atoms with van der Waals surface area (Å²) in [4.78, 5) is 10.8. The molecule has 1 aromatic heterocycles. The number of nitrogens with zero attached hydrogens (tertiary/aromatic N) is 1. The van der Waals surface area contributed by atoms with Crippen molar-refractivity contribution in [2.45, 2.75) is 13.0 Å². The van der Waals surface area contributed by atoms with Gasteiger partial charge in [-0.25, -0.2) is 4.39 Å². The van der Waals surface area contributed by atoms with Crippen LogP contribution in [-0.2, 0) is 17.8 Å². The molecule has 0 aliphatic heterocycles. The number of benzene rings is 2. The first-order chi connectivity index (χ1) is 10.1. The number of hydrogen-bond acceptors (Lipinski definition) is 1. The maximum Gasteiger partial charge on any atom is 0.307 e. The number of halogens is 1. The molecule has 0 aliphatic rings. The molecule has 1 N–H and O–H groups in total. The Kier molecular flexibility index (Phi) is 3.44. The van der Waals surface area contributed by atoms with Gasteiger partial charge in [0.05, 0.1) is 13.0 Å². The summed E-state index contributed by atoms with van der Waals surface area (Å²) in [5, 5.41) is 9.89. The number of hydrogen-bond donors (Lipinski definition) is 1. The molecule has 0 unspecified atom stereocenters. The molecular formula is C17H14FNO2. The van der Waals surface area contributed by atoms with E-state index in [-0.39, 0.29) is 12.2 Å². The highest BCUT2D eigenvalue weighted by atomic mass is 19.1. The van der Waals surface area contributed by atoms with Crippen molar-refractivity contribution in [2.75, 3.05) is 0 Å². The smallest absolute Gasteiger partial charge is 0.307 e. The molecule has 0 saturated heterocycles. The van der Waals surface area contributed by atoms with Crippen molar-refractivity contribution in [1.82, 2.24) is 4.57 Å². The zero-order valence-electron chi connectivity index (χ0n) is 11.3. The second kappa shape index (κ2) is 5.40. The fraction of sp³-hybridized carbons (Fsp3) is 0.118. The van der Waals surface area contributed by atoms with Crippen LogP contribution in [-0.4, -0.2) is 15.6 Å². The lowest BCUT2D eigenvalue weighted by Gasteiger charge is -2.07. The summed E-state index contributed by atoms with van der Waals surface area (Å²) in [6.45, 7) is 0.423. The van der Waals surface area contributed by atoms with E-state index in [2.05, 4.69) is 0 Å². The number of carboxylic acid groups (broad SMARTS) is 1. The van der Waals surface area contributed by atoms with Gasteiger partial charge < -0.3 is 9.67 Å². The molecule has 2 aromatic carbocycles. The van der Waals surface area contributed by atoms with Crippen LogP contribution in [0.3, 0.4) is 0 Å². The lowest BCUT2D eigenvalue weighted by atomic mass is 10.1. The maximum absolute atomic E-state index is 13.7. The number of rotatable bonds is 4. The molecule has 0 radical (unpaired) electrons. The molecule has 3 rings (SSSR count). The van der Waals surface area contributed by atoms with Crippen LogP contribution in [0.25, 0.3) is 10.9 Å². The van der Waals surface area contributed by atoms with Gasteiger partial charge in [0.25, 0.3) is 0 Å². The molecule has 3 aromatic rings. The molecule has 4 heteroatoms. The summed E-state index contributed by atoms with van der Waals surface area (Å²) < 4.78 is 15.7. The lowest BCUT2D eigenvalue weighted by Crippen LogP contribution is -2.02. The van der Waals surface area contributed by atoms with E-state index in [1.165, 1.54) is 6.07 Å². The predicted octanol–water partition coefficient (Wildman–Crippen LogP) is 3.46. The second-order valence-corrected chi connectivity index (χ2v) is 5.00. The van der Waals surface area contributed by atoms with E-state index in [1.807, 2.05) is 35.0 Å². The first-order valence-electron chi connectivity index (χ1n) is 6.66. The van der Waals surface area contributed by atoms with Crippen LogP contribution in [0.5, 0.6) is 0 Å². The van der Waals surface area contributed by atoms with E-state index >= 15 is 0 Å². The highest BCUT2D eigenvalue weighted by Crippen LogP contribution is 2.20. The minimum absolute atomic E-state index is 0.0131. The summed E-state index contributed by atoms with van der Waals surface area (Å²) >= 11 is 0. The molecule has 0 fully saturated rings. The lowest BCUT2D eigenvalue weighted by molar-refractivity contribution is -0.136. The number of fused-ring (bicyclic) bond motifs is 1. The van der Waals surface area contributed by atoms with Gasteiger partial charge in [0.15, 0.2) is 0 Å². The summed E-state index contributed by atoms with van der Waals surface area (Å²) in [5.41, 5.74) is 2.26. The van der Waals surface area contributed by atoms with Crippen molar-refractivity contribution in [1.29, 1.82) is 0 Å². The normalized spacial score (nSPS) is 10.9. The van der Waals surface area contributed by atoms with Gasteiger partial charge in [-0.2, -0.15) is 0 Å². The Morgan fingerprint density at radius 3 is 2.71 bits per heavy atom. The molecule has 1 heterocycles. The van der Waals surface area contributed by atoms with Crippen molar-refractivity contribution in [3.05, 3.63) is 71.7 Å². The molecule has 0 spiro atoms. The van der Waals surface area contributed by atoms with Gasteiger partial charge in [-0.3, -0.25) is 4.79 Å². The molecular weight excluding hydrogens is 269 g/mol. The average Bonchev–Trinajstić information content (AvgIpc) is 2.83. The average molecular weight is 283 g/mol. The highest BCUT2D eigenvalue weighted by molar-refractivity contribution is 5.82. The Morgan fingerprint density at radius 2 is 1.95 bits per heavy atom. The van der Waals surface area contributed by atoms with Crippen LogP contribution in [0.2, 0.25) is 0 Å². The van der Waals surface area contributed by atoms with E-state index in [0.717, 1.165) is 16.5 Å². The van der Waals surface area contributed by atoms with Crippen LogP contribution >= 0.6 is 0 Å². The number of aliphatic carboxylic acids is 1. The van der Waals surface area contributed by atoms with Gasteiger partial charge in [-0.15, -0.1) is 0 Å². The Hall–Kier alpha value is -2.62. The van der Waals surface area contributed by atoms with Crippen molar-refractivity contribution in [3.63, 3.8) is 0 Å². The fourth-order valence-electron chi connectivity index (χ4n) is 2.46. The van der Waals surface area contributed by atoms with E-state index < -0.39 is 5.97 Å². The highest BCUT2D eigenvalue weighted by Gasteiger charge is 2.07. The van der Waals surface area contributed by atoms with Crippen LogP contribution in [0.4, 0.5) is 4.39 Å². The summed E-state index contributed by atoms with van der Waals surface area (Å²) in [6.07, 6.45) is 1.88. The minimum Gasteiger partial charge on any atom is -0.481 e. The third kappa shape index (κ3) is 2.79. The van der Waals surface area contributed by atoms with Gasteiger partial charge in [0.1, 0.15) is 5.82 Å². The number of aromatic nitrogens is 1. The summed E-state index contributed by atoms with van der Waals surface area (Å²) in [5.74, 6) is -1.09. The first kappa shape index (κ1) is 13.4. The Labute approximate surface area is 121 Å². The molecule has 0 aliphatic carbocycles. The second-order valence-electron chi connectivity index (χ2n) is 5.00. The van der Waals surface area contributed by atoms with Gasteiger partial charge >= 0.3 is 5.97 Å². The third-order valence-corrected chi connectivity index (χ3v) is 3.49. The van der Waals surface area contributed by atoms with Crippen LogP contribution in [0, 0.1) is 5.82 Å². The first-order valence-corrected chi connectivity index (χ1v) is 6.66. The van der Waals surface area contributed by atoms with E-state index in [0.29, 0.717) is 12.1 Å². The molecule has 0 amide bonds. The largest absolute Gasteiger partial charge is 0.481 e. The zero-order chi connectivity index (χ0) is 14.8. The molecule has 0 atom stereocenters. The summed E-state index contributed by atoms with van der Waals surface area (Å²) in [6, 6.07) is 14.2. The molecule has 3 nitrogen and oxygen atoms in total. The number of carboxylic acids is 1. The van der Waals surface area contributed by atoms with Crippen LogP contribution in [0.15, 0.2) is 54.7 Å². The van der Waals surface area contributed by atoms with Gasteiger partial charge in [0.2, 0.25) is 0 Å². The quantitative estimate of drug-likeness (QED) is 0.796. The van der Waals surface area contributed by atoms with Gasteiger partial charge in [0, 0.05) is 17.3 Å². The van der Waals surface area contributed by atoms with Crippen molar-refractivity contribution in [3.8, 4) is 0 Å². The van der Waals surface area contributed by atoms with E-state index in [1.54, 1.807) is 18.2 Å². The van der Waals surface area contributed by atoms with E-state index in [9.17, 15) is 9.18 Å². The third-order valence-electron chi connectivity index (χ3n) is 3.49. The predicted molar refractivity (Wildman–Crippen MR) is 78.8 cm³/mol. The van der Waals surface area contributed by atoms with Crippen molar-refractivity contribution < 1.29 is 14.3 Å². The minimum atomic E-state index is -0.860.